The number of hydrogen-bond acceptors (Lipinski definition) is 5. The van der Waals surface area contributed by atoms with Gasteiger partial charge in [-0.3, -0.25) is 9.69 Å². The molecule has 0 spiro atoms. The second kappa shape index (κ2) is 6.39. The molecule has 21 heavy (non-hydrogen) atoms. The summed E-state index contributed by atoms with van der Waals surface area (Å²) in [5.74, 6) is 0.780. The van der Waals surface area contributed by atoms with E-state index >= 15 is 0 Å². The molecule has 0 bridgehead atoms. The highest BCUT2D eigenvalue weighted by atomic mass is 16.2. The van der Waals surface area contributed by atoms with Crippen molar-refractivity contribution in [3.63, 3.8) is 0 Å². The maximum Gasteiger partial charge on any atom is 0.238 e. The Balaban J connectivity index is 2.22. The smallest absolute Gasteiger partial charge is 0.238 e. The van der Waals surface area contributed by atoms with E-state index in [9.17, 15) is 4.79 Å². The fourth-order valence-corrected chi connectivity index (χ4v) is 2.85. The van der Waals surface area contributed by atoms with Crippen molar-refractivity contribution in [2.75, 3.05) is 31.6 Å². The van der Waals surface area contributed by atoms with Crippen molar-refractivity contribution in [1.82, 2.24) is 20.2 Å². The molecule has 6 nitrogen and oxygen atoms in total. The number of likely N-dealkylation sites (N-methyl/N-ethyl adjacent to an activating group) is 1. The first kappa shape index (κ1) is 15.7. The summed E-state index contributed by atoms with van der Waals surface area (Å²) in [4.78, 5) is 25.5. The van der Waals surface area contributed by atoms with E-state index in [0.29, 0.717) is 12.6 Å². The molecule has 0 aliphatic carbocycles. The number of anilines is 1. The van der Waals surface area contributed by atoms with Crippen LogP contribution in [0.3, 0.4) is 0 Å². The minimum atomic E-state index is -0.159. The molecule has 1 N–H and O–H groups in total. The fraction of sp³-hybridized carbons (Fsp3) is 0.667. The summed E-state index contributed by atoms with van der Waals surface area (Å²) < 4.78 is 0. The molecular weight excluding hydrogens is 266 g/mol. The van der Waals surface area contributed by atoms with E-state index in [1.807, 2.05) is 19.9 Å². The van der Waals surface area contributed by atoms with Crippen LogP contribution in [0.4, 0.5) is 5.95 Å². The molecule has 1 fully saturated rings. The summed E-state index contributed by atoms with van der Waals surface area (Å²) in [7, 11) is 1.69. The molecule has 1 aromatic rings. The van der Waals surface area contributed by atoms with Crippen molar-refractivity contribution in [3.8, 4) is 0 Å². The van der Waals surface area contributed by atoms with Crippen LogP contribution in [0.2, 0.25) is 0 Å². The highest BCUT2D eigenvalue weighted by Crippen LogP contribution is 2.18. The number of aryl methyl sites for hydroxylation is 2. The van der Waals surface area contributed by atoms with Crippen LogP contribution in [0.25, 0.3) is 0 Å². The lowest BCUT2D eigenvalue weighted by Gasteiger charge is -2.42. The molecule has 1 amide bonds. The van der Waals surface area contributed by atoms with Gasteiger partial charge >= 0.3 is 0 Å². The molecule has 1 atom stereocenters. The Morgan fingerprint density at radius 3 is 2.43 bits per heavy atom. The summed E-state index contributed by atoms with van der Waals surface area (Å²) in [5, 5.41) is 2.77. The highest BCUT2D eigenvalue weighted by Gasteiger charge is 2.34. The Hall–Kier alpha value is -1.69. The zero-order valence-electron chi connectivity index (χ0n) is 13.6. The zero-order valence-corrected chi connectivity index (χ0v) is 13.6. The lowest BCUT2D eigenvalue weighted by Crippen LogP contribution is -2.60. The Bertz CT molecular complexity index is 497. The Morgan fingerprint density at radius 2 is 1.90 bits per heavy atom. The average molecular weight is 291 g/mol. The van der Waals surface area contributed by atoms with E-state index in [4.69, 9.17) is 0 Å². The summed E-state index contributed by atoms with van der Waals surface area (Å²) >= 11 is 0. The summed E-state index contributed by atoms with van der Waals surface area (Å²) in [5.41, 5.74) is 1.92. The molecule has 0 saturated carbocycles. The Labute approximate surface area is 126 Å². The van der Waals surface area contributed by atoms with Gasteiger partial charge in [-0.25, -0.2) is 9.97 Å². The second-order valence-corrected chi connectivity index (χ2v) is 5.86. The van der Waals surface area contributed by atoms with Crippen LogP contribution in [0.1, 0.15) is 25.2 Å². The van der Waals surface area contributed by atoms with Crippen LogP contribution in [-0.4, -0.2) is 59.5 Å². The van der Waals surface area contributed by atoms with Crippen LogP contribution < -0.4 is 10.2 Å². The molecule has 1 saturated heterocycles. The molecule has 1 aliphatic rings. The van der Waals surface area contributed by atoms with Crippen molar-refractivity contribution in [3.05, 3.63) is 17.5 Å². The monoisotopic (exact) mass is 291 g/mol. The van der Waals surface area contributed by atoms with E-state index < -0.39 is 0 Å². The van der Waals surface area contributed by atoms with Crippen LogP contribution in [0, 0.1) is 13.8 Å². The first-order chi connectivity index (χ1) is 9.92. The standard InChI is InChI=1S/C15H25N5O/c1-10(2)20-7-6-19(9-13(20)14(21)16-5)15-17-11(3)8-12(4)18-15/h8,10,13H,6-7,9H2,1-5H3,(H,16,21)/t13-/m1/s1. The SMILES string of the molecule is CNC(=O)[C@H]1CN(c2nc(C)cc(C)n2)CCN1C(C)C. The number of carbonyl (C=O) groups excluding carboxylic acids is 1. The van der Waals surface area contributed by atoms with Gasteiger partial charge in [0, 0.05) is 44.1 Å². The number of piperazine rings is 1. The van der Waals surface area contributed by atoms with E-state index in [2.05, 4.69) is 38.9 Å². The molecule has 1 aliphatic heterocycles. The number of nitrogens with one attached hydrogen (secondary N) is 1. The predicted octanol–water partition coefficient (Wildman–Crippen LogP) is 0.738. The van der Waals surface area contributed by atoms with Gasteiger partial charge in [-0.2, -0.15) is 0 Å². The largest absolute Gasteiger partial charge is 0.358 e. The maximum absolute atomic E-state index is 12.2. The number of rotatable bonds is 3. The van der Waals surface area contributed by atoms with E-state index in [1.54, 1.807) is 7.05 Å². The molecule has 6 heteroatoms. The quantitative estimate of drug-likeness (QED) is 0.890. The molecule has 0 aromatic carbocycles. The Morgan fingerprint density at radius 1 is 1.29 bits per heavy atom. The molecule has 0 radical (unpaired) electrons. The molecular formula is C15H25N5O. The number of carbonyl (C=O) groups is 1. The normalized spacial score (nSPS) is 19.9. The molecule has 116 valence electrons. The van der Waals surface area contributed by atoms with Gasteiger partial charge < -0.3 is 10.2 Å². The van der Waals surface area contributed by atoms with E-state index in [1.165, 1.54) is 0 Å². The highest BCUT2D eigenvalue weighted by molar-refractivity contribution is 5.82. The molecule has 2 rings (SSSR count). The third-order valence-electron chi connectivity index (χ3n) is 3.89. The summed E-state index contributed by atoms with van der Waals surface area (Å²) in [6.07, 6.45) is 0. The first-order valence-electron chi connectivity index (χ1n) is 7.47. The predicted molar refractivity (Wildman–Crippen MR) is 83.4 cm³/mol. The third kappa shape index (κ3) is 3.50. The van der Waals surface area contributed by atoms with Gasteiger partial charge in [0.05, 0.1) is 0 Å². The van der Waals surface area contributed by atoms with Gasteiger partial charge in [0.1, 0.15) is 6.04 Å². The average Bonchev–Trinajstić information content (AvgIpc) is 2.44. The van der Waals surface area contributed by atoms with Gasteiger partial charge in [-0.1, -0.05) is 0 Å². The van der Waals surface area contributed by atoms with Gasteiger partial charge in [0.15, 0.2) is 0 Å². The topological polar surface area (TPSA) is 61.4 Å². The number of nitrogens with zero attached hydrogens (tertiary/aromatic N) is 4. The minimum absolute atomic E-state index is 0.0535. The van der Waals surface area contributed by atoms with Crippen LogP contribution in [0.15, 0.2) is 6.07 Å². The van der Waals surface area contributed by atoms with Crippen LogP contribution >= 0.6 is 0 Å². The third-order valence-corrected chi connectivity index (χ3v) is 3.89. The number of aromatic nitrogens is 2. The van der Waals surface area contributed by atoms with Gasteiger partial charge in [-0.15, -0.1) is 0 Å². The van der Waals surface area contributed by atoms with E-state index in [-0.39, 0.29) is 11.9 Å². The van der Waals surface area contributed by atoms with Gasteiger partial charge in [0.25, 0.3) is 0 Å². The number of amides is 1. The first-order valence-corrected chi connectivity index (χ1v) is 7.47. The minimum Gasteiger partial charge on any atom is -0.358 e. The summed E-state index contributed by atoms with van der Waals surface area (Å²) in [6.45, 7) is 10.5. The van der Waals surface area contributed by atoms with Crippen molar-refractivity contribution in [2.24, 2.45) is 0 Å². The van der Waals surface area contributed by atoms with Crippen molar-refractivity contribution in [1.29, 1.82) is 0 Å². The second-order valence-electron chi connectivity index (χ2n) is 5.86. The van der Waals surface area contributed by atoms with Crippen molar-refractivity contribution < 1.29 is 4.79 Å². The molecule has 0 unspecified atom stereocenters. The molecule has 1 aromatic heterocycles. The fourth-order valence-electron chi connectivity index (χ4n) is 2.85. The van der Waals surface area contributed by atoms with Crippen LogP contribution in [-0.2, 0) is 4.79 Å². The van der Waals surface area contributed by atoms with Crippen molar-refractivity contribution in [2.45, 2.75) is 39.8 Å². The van der Waals surface area contributed by atoms with Gasteiger partial charge in [-0.05, 0) is 33.8 Å². The zero-order chi connectivity index (χ0) is 15.6. The molecule has 2 heterocycles. The van der Waals surface area contributed by atoms with E-state index in [0.717, 1.165) is 30.4 Å². The Kier molecular flexibility index (Phi) is 4.77. The lowest BCUT2D eigenvalue weighted by atomic mass is 10.1. The van der Waals surface area contributed by atoms with Crippen LogP contribution in [0.5, 0.6) is 0 Å². The van der Waals surface area contributed by atoms with Crippen molar-refractivity contribution >= 4 is 11.9 Å². The van der Waals surface area contributed by atoms with Gasteiger partial charge in [0.2, 0.25) is 11.9 Å². The summed E-state index contributed by atoms with van der Waals surface area (Å²) in [6, 6.07) is 2.15. The maximum atomic E-state index is 12.2. The lowest BCUT2D eigenvalue weighted by molar-refractivity contribution is -0.127. The number of hydrogen-bond donors (Lipinski definition) is 1.